The lowest BCUT2D eigenvalue weighted by molar-refractivity contribution is -0.0586. The van der Waals surface area contributed by atoms with Crippen LogP contribution in [0.5, 0.6) is 5.75 Å². The number of aliphatic imine (C=N–C) groups is 1. The third-order valence-electron chi connectivity index (χ3n) is 4.15. The minimum Gasteiger partial charge on any atom is -0.508 e. The maximum absolute atomic E-state index is 13.6. The summed E-state index contributed by atoms with van der Waals surface area (Å²) in [6.45, 7) is 1.66. The molecule has 1 aliphatic heterocycles. The van der Waals surface area contributed by atoms with E-state index in [1.807, 2.05) is 6.92 Å². The van der Waals surface area contributed by atoms with Gasteiger partial charge in [-0.25, -0.2) is 4.98 Å². The van der Waals surface area contributed by atoms with Crippen LogP contribution in [0.2, 0.25) is 0 Å². The van der Waals surface area contributed by atoms with Gasteiger partial charge in [-0.15, -0.1) is 0 Å². The molecule has 1 aromatic carbocycles. The molecule has 1 atom stereocenters. The van der Waals surface area contributed by atoms with Crippen molar-refractivity contribution in [2.45, 2.75) is 32.1 Å². The fraction of sp³-hybridized carbons (Fsp3) is 0.294. The van der Waals surface area contributed by atoms with Crippen molar-refractivity contribution in [1.82, 2.24) is 9.55 Å². The number of aromatic nitrogens is 2. The summed E-state index contributed by atoms with van der Waals surface area (Å²) in [5.74, 6) is 0.0464. The average molecular weight is 350 g/mol. The second-order valence-electron chi connectivity index (χ2n) is 5.96. The van der Waals surface area contributed by atoms with E-state index in [2.05, 4.69) is 9.98 Å². The molecule has 3 rings (SSSR count). The molecule has 0 saturated heterocycles. The van der Waals surface area contributed by atoms with Crippen LogP contribution in [0.25, 0.3) is 5.70 Å². The number of hydrogen-bond acceptors (Lipinski definition) is 4. The molecule has 8 heteroatoms. The van der Waals surface area contributed by atoms with Crippen molar-refractivity contribution in [1.29, 1.82) is 0 Å². The average Bonchev–Trinajstić information content (AvgIpc) is 3.03. The van der Waals surface area contributed by atoms with Crippen LogP contribution in [-0.2, 0) is 6.54 Å². The Morgan fingerprint density at radius 3 is 2.68 bits per heavy atom. The molecule has 2 aromatic rings. The maximum Gasteiger partial charge on any atom is 0.433 e. The normalized spacial score (nSPS) is 18.4. The van der Waals surface area contributed by atoms with E-state index < -0.39 is 11.9 Å². The first-order chi connectivity index (χ1) is 11.8. The van der Waals surface area contributed by atoms with E-state index >= 15 is 0 Å². The molecule has 5 nitrogen and oxygen atoms in total. The standard InChI is InChI=1S/C17H17F3N4O/c1-10-6-13(15(21)14-8-22-9-24(10)14)16(17(18,19)20)23-7-11-2-4-12(25)5-3-11/h2-5,8-10,25H,6-7,21H2,1H3. The Bertz CT molecular complexity index is 834. The van der Waals surface area contributed by atoms with Crippen LogP contribution in [0.1, 0.15) is 30.6 Å². The number of allylic oxidation sites excluding steroid dienone is 1. The molecule has 3 N–H and O–H groups in total. The molecule has 0 bridgehead atoms. The molecule has 2 heterocycles. The Labute approximate surface area is 142 Å². The minimum absolute atomic E-state index is 0.00761. The molecular formula is C17H17F3N4O. The molecule has 0 aliphatic carbocycles. The number of aromatic hydroxyl groups is 1. The van der Waals surface area contributed by atoms with E-state index in [1.54, 1.807) is 10.9 Å². The number of nitrogens with two attached hydrogens (primary N) is 1. The largest absolute Gasteiger partial charge is 0.508 e. The van der Waals surface area contributed by atoms with Crippen LogP contribution in [0.4, 0.5) is 13.2 Å². The fourth-order valence-electron chi connectivity index (χ4n) is 2.87. The highest BCUT2D eigenvalue weighted by atomic mass is 19.4. The molecule has 1 aromatic heterocycles. The van der Waals surface area contributed by atoms with Crippen LogP contribution >= 0.6 is 0 Å². The fourth-order valence-corrected chi connectivity index (χ4v) is 2.87. The predicted molar refractivity (Wildman–Crippen MR) is 88.0 cm³/mol. The SMILES string of the molecule is CC1CC(C(=NCc2ccc(O)cc2)C(F)(F)F)=C(N)c2cncn21. The van der Waals surface area contributed by atoms with Crippen molar-refractivity contribution >= 4 is 11.4 Å². The zero-order valence-corrected chi connectivity index (χ0v) is 13.5. The van der Waals surface area contributed by atoms with E-state index in [0.29, 0.717) is 11.3 Å². The van der Waals surface area contributed by atoms with Gasteiger partial charge in [-0.3, -0.25) is 4.99 Å². The van der Waals surface area contributed by atoms with Crippen LogP contribution < -0.4 is 5.73 Å². The summed E-state index contributed by atoms with van der Waals surface area (Å²) in [7, 11) is 0. The minimum atomic E-state index is -4.61. The number of phenolic OH excluding ortho intramolecular Hbond substituents is 1. The first kappa shape index (κ1) is 17.1. The van der Waals surface area contributed by atoms with Gasteiger partial charge in [-0.05, 0) is 31.0 Å². The van der Waals surface area contributed by atoms with Crippen LogP contribution in [0.3, 0.4) is 0 Å². The summed E-state index contributed by atoms with van der Waals surface area (Å²) in [6.07, 6.45) is -1.47. The second kappa shape index (κ2) is 6.27. The highest BCUT2D eigenvalue weighted by Crippen LogP contribution is 2.35. The Hall–Kier alpha value is -2.77. The van der Waals surface area contributed by atoms with E-state index in [-0.39, 0.29) is 36.0 Å². The molecule has 0 fully saturated rings. The summed E-state index contributed by atoms with van der Waals surface area (Å²) >= 11 is 0. The number of fused-ring (bicyclic) bond motifs is 1. The van der Waals surface area contributed by atoms with Gasteiger partial charge in [0.25, 0.3) is 0 Å². The lowest BCUT2D eigenvalue weighted by Gasteiger charge is -2.27. The van der Waals surface area contributed by atoms with Crippen molar-refractivity contribution in [3.63, 3.8) is 0 Å². The molecule has 1 unspecified atom stereocenters. The molecule has 0 saturated carbocycles. The Morgan fingerprint density at radius 1 is 1.36 bits per heavy atom. The lowest BCUT2D eigenvalue weighted by atomic mass is 9.95. The van der Waals surface area contributed by atoms with Crippen LogP contribution in [-0.4, -0.2) is 26.5 Å². The Balaban J connectivity index is 2.01. The van der Waals surface area contributed by atoms with Gasteiger partial charge in [0.2, 0.25) is 0 Å². The van der Waals surface area contributed by atoms with Crippen LogP contribution in [0.15, 0.2) is 47.4 Å². The number of phenols is 1. The second-order valence-corrected chi connectivity index (χ2v) is 5.96. The van der Waals surface area contributed by atoms with Crippen LogP contribution in [0, 0.1) is 0 Å². The smallest absolute Gasteiger partial charge is 0.433 e. The van der Waals surface area contributed by atoms with E-state index in [1.165, 1.54) is 30.5 Å². The van der Waals surface area contributed by atoms with E-state index in [4.69, 9.17) is 5.73 Å². The maximum atomic E-state index is 13.6. The summed E-state index contributed by atoms with van der Waals surface area (Å²) < 4.78 is 42.5. The molecule has 132 valence electrons. The summed E-state index contributed by atoms with van der Waals surface area (Å²) in [5, 5.41) is 9.26. The predicted octanol–water partition coefficient (Wildman–Crippen LogP) is 3.43. The van der Waals surface area contributed by atoms with Gasteiger partial charge in [0.15, 0.2) is 0 Å². The van der Waals surface area contributed by atoms with Gasteiger partial charge in [0.05, 0.1) is 30.5 Å². The molecule has 25 heavy (non-hydrogen) atoms. The number of imidazole rings is 1. The third kappa shape index (κ3) is 3.38. The number of rotatable bonds is 3. The highest BCUT2D eigenvalue weighted by Gasteiger charge is 2.41. The van der Waals surface area contributed by atoms with E-state index in [9.17, 15) is 18.3 Å². The number of alkyl halides is 3. The van der Waals surface area contributed by atoms with Gasteiger partial charge in [0.1, 0.15) is 11.5 Å². The van der Waals surface area contributed by atoms with Gasteiger partial charge >= 0.3 is 6.18 Å². The van der Waals surface area contributed by atoms with Gasteiger partial charge < -0.3 is 15.4 Å². The van der Waals surface area contributed by atoms with Crippen molar-refractivity contribution in [2.75, 3.05) is 0 Å². The number of halogens is 3. The zero-order chi connectivity index (χ0) is 18.2. The molecule has 0 radical (unpaired) electrons. The quantitative estimate of drug-likeness (QED) is 0.833. The summed E-state index contributed by atoms with van der Waals surface area (Å²) in [4.78, 5) is 7.77. The number of hydrogen-bond donors (Lipinski definition) is 2. The van der Waals surface area contributed by atoms with Gasteiger partial charge in [-0.1, -0.05) is 12.1 Å². The number of nitrogens with zero attached hydrogens (tertiary/aromatic N) is 3. The first-order valence-electron chi connectivity index (χ1n) is 7.68. The Kier molecular flexibility index (Phi) is 4.28. The molecular weight excluding hydrogens is 333 g/mol. The number of benzene rings is 1. The van der Waals surface area contributed by atoms with Gasteiger partial charge in [-0.2, -0.15) is 13.2 Å². The van der Waals surface area contributed by atoms with Crippen molar-refractivity contribution < 1.29 is 18.3 Å². The zero-order valence-electron chi connectivity index (χ0n) is 13.5. The Morgan fingerprint density at radius 2 is 2.04 bits per heavy atom. The van der Waals surface area contributed by atoms with Crippen molar-refractivity contribution in [3.05, 3.63) is 53.6 Å². The lowest BCUT2D eigenvalue weighted by Crippen LogP contribution is -2.31. The molecule has 1 aliphatic rings. The third-order valence-corrected chi connectivity index (χ3v) is 4.15. The first-order valence-corrected chi connectivity index (χ1v) is 7.68. The van der Waals surface area contributed by atoms with Gasteiger partial charge in [0, 0.05) is 11.6 Å². The highest BCUT2D eigenvalue weighted by molar-refractivity contribution is 6.09. The molecule has 0 spiro atoms. The summed E-state index contributed by atoms with van der Waals surface area (Å²) in [6, 6.07) is 5.69. The monoisotopic (exact) mass is 350 g/mol. The van der Waals surface area contributed by atoms with Crippen molar-refractivity contribution in [2.24, 2.45) is 10.7 Å². The summed E-state index contributed by atoms with van der Waals surface area (Å²) in [5.41, 5.74) is 6.10. The molecule has 0 amide bonds. The van der Waals surface area contributed by atoms with E-state index in [0.717, 1.165) is 0 Å². The van der Waals surface area contributed by atoms with Crippen molar-refractivity contribution in [3.8, 4) is 5.75 Å². The topological polar surface area (TPSA) is 76.4 Å².